The highest BCUT2D eigenvalue weighted by Crippen LogP contribution is 2.00. The summed E-state index contributed by atoms with van der Waals surface area (Å²) in [5.41, 5.74) is 0. The van der Waals surface area contributed by atoms with E-state index in [9.17, 15) is 15.0 Å². The van der Waals surface area contributed by atoms with Crippen molar-refractivity contribution in [2.24, 2.45) is 0 Å². The molecule has 0 aromatic heterocycles. The van der Waals surface area contributed by atoms with E-state index in [0.717, 1.165) is 19.3 Å². The normalized spacial score (nSPS) is 15.5. The highest BCUT2D eigenvalue weighted by Gasteiger charge is 2.08. The first-order valence-electron chi connectivity index (χ1n) is 9.10. The first-order chi connectivity index (χ1) is 12.6. The summed E-state index contributed by atoms with van der Waals surface area (Å²) in [6, 6.07) is 0. The van der Waals surface area contributed by atoms with E-state index in [-0.39, 0.29) is 6.42 Å². The molecule has 144 valence electrons. The lowest BCUT2D eigenvalue weighted by atomic mass is 10.1. The number of carboxylic acid groups (broad SMARTS) is 1. The summed E-state index contributed by atoms with van der Waals surface area (Å²) in [5, 5.41) is 27.4. The fourth-order valence-electron chi connectivity index (χ4n) is 1.87. The number of hydrogen-bond acceptors (Lipinski definition) is 3. The summed E-state index contributed by atoms with van der Waals surface area (Å²) in [6.07, 6.45) is 25.5. The molecule has 0 heterocycles. The third-order valence-corrected chi connectivity index (χ3v) is 3.43. The van der Waals surface area contributed by atoms with E-state index in [0.29, 0.717) is 12.8 Å². The smallest absolute Gasteiger partial charge is 0.303 e. The van der Waals surface area contributed by atoms with Gasteiger partial charge in [-0.05, 0) is 32.1 Å². The topological polar surface area (TPSA) is 77.8 Å². The second kappa shape index (κ2) is 17.6. The first-order valence-corrected chi connectivity index (χ1v) is 9.10. The summed E-state index contributed by atoms with van der Waals surface area (Å²) in [7, 11) is 0. The Morgan fingerprint density at radius 2 is 1.35 bits per heavy atom. The molecule has 0 aliphatic carbocycles. The first kappa shape index (κ1) is 23.8. The zero-order valence-corrected chi connectivity index (χ0v) is 15.6. The maximum absolute atomic E-state index is 10.3. The molecule has 0 aromatic rings. The summed E-state index contributed by atoms with van der Waals surface area (Å²) in [6.45, 7) is 1.83. The lowest BCUT2D eigenvalue weighted by Gasteiger charge is -2.10. The second-order valence-electron chi connectivity index (χ2n) is 5.72. The van der Waals surface area contributed by atoms with Crippen LogP contribution >= 0.6 is 0 Å². The van der Waals surface area contributed by atoms with Crippen LogP contribution in [0.3, 0.4) is 0 Å². The van der Waals surface area contributed by atoms with Crippen LogP contribution in [0, 0.1) is 0 Å². The summed E-state index contributed by atoms with van der Waals surface area (Å²) in [5.74, 6) is -0.762. The van der Waals surface area contributed by atoms with Gasteiger partial charge in [0.25, 0.3) is 0 Å². The largest absolute Gasteiger partial charge is 0.481 e. The minimum atomic E-state index is -0.815. The average Bonchev–Trinajstić information content (AvgIpc) is 2.63. The van der Waals surface area contributed by atoms with Crippen molar-refractivity contribution < 1.29 is 20.1 Å². The summed E-state index contributed by atoms with van der Waals surface area (Å²) in [4.78, 5) is 10.3. The number of aliphatic hydroxyl groups excluding tert-OH is 2. The molecule has 0 aromatic carbocycles. The zero-order chi connectivity index (χ0) is 19.5. The van der Waals surface area contributed by atoms with Crippen LogP contribution in [0.2, 0.25) is 0 Å². The monoisotopic (exact) mass is 360 g/mol. The van der Waals surface area contributed by atoms with Gasteiger partial charge in [0.05, 0.1) is 12.2 Å². The molecule has 0 radical (unpaired) electrons. The third kappa shape index (κ3) is 16.7. The van der Waals surface area contributed by atoms with Crippen LogP contribution in [0.1, 0.15) is 45.4 Å². The van der Waals surface area contributed by atoms with E-state index in [2.05, 4.69) is 24.3 Å². The predicted octanol–water partition coefficient (Wildman–Crippen LogP) is 4.49. The van der Waals surface area contributed by atoms with Crippen molar-refractivity contribution in [3.8, 4) is 0 Å². The zero-order valence-electron chi connectivity index (χ0n) is 15.6. The number of aliphatic carboxylic acids is 1. The summed E-state index contributed by atoms with van der Waals surface area (Å²) < 4.78 is 0. The van der Waals surface area contributed by atoms with Crippen molar-refractivity contribution in [2.45, 2.75) is 57.7 Å². The third-order valence-electron chi connectivity index (χ3n) is 3.43. The van der Waals surface area contributed by atoms with Crippen LogP contribution in [-0.4, -0.2) is 33.5 Å². The fraction of sp³-hybridized carbons (Fsp3) is 0.409. The maximum atomic E-state index is 10.3. The second-order valence-corrected chi connectivity index (χ2v) is 5.72. The van der Waals surface area contributed by atoms with E-state index in [4.69, 9.17) is 5.11 Å². The number of aliphatic hydroxyl groups is 2. The van der Waals surface area contributed by atoms with Gasteiger partial charge in [-0.2, -0.15) is 0 Å². The van der Waals surface area contributed by atoms with Gasteiger partial charge in [-0.25, -0.2) is 0 Å². The molecule has 0 aliphatic rings. The molecule has 0 saturated heterocycles. The van der Waals surface area contributed by atoms with Gasteiger partial charge in [-0.1, -0.05) is 79.8 Å². The molecule has 0 spiro atoms. The average molecular weight is 360 g/mol. The van der Waals surface area contributed by atoms with Crippen molar-refractivity contribution in [3.05, 3.63) is 72.9 Å². The van der Waals surface area contributed by atoms with Gasteiger partial charge >= 0.3 is 5.97 Å². The van der Waals surface area contributed by atoms with Crippen LogP contribution in [0.25, 0.3) is 0 Å². The van der Waals surface area contributed by atoms with Crippen molar-refractivity contribution in [3.63, 3.8) is 0 Å². The number of hydrogen-bond donors (Lipinski definition) is 3. The van der Waals surface area contributed by atoms with Crippen molar-refractivity contribution >= 4 is 5.97 Å². The van der Waals surface area contributed by atoms with Gasteiger partial charge in [-0.15, -0.1) is 0 Å². The molecule has 0 aliphatic heterocycles. The minimum absolute atomic E-state index is 0.186. The Morgan fingerprint density at radius 3 is 1.92 bits per heavy atom. The number of carboxylic acids is 1. The van der Waals surface area contributed by atoms with E-state index in [1.165, 1.54) is 0 Å². The molecule has 0 amide bonds. The Bertz CT molecular complexity index is 524. The van der Waals surface area contributed by atoms with Gasteiger partial charge in [-0.3, -0.25) is 4.79 Å². The molecule has 2 unspecified atom stereocenters. The van der Waals surface area contributed by atoms with Gasteiger partial charge in [0.1, 0.15) is 0 Å². The maximum Gasteiger partial charge on any atom is 0.303 e. The van der Waals surface area contributed by atoms with Crippen LogP contribution in [0.5, 0.6) is 0 Å². The molecule has 26 heavy (non-hydrogen) atoms. The number of carbonyl (C=O) groups is 1. The molecule has 0 fully saturated rings. The van der Waals surface area contributed by atoms with Crippen molar-refractivity contribution in [1.82, 2.24) is 0 Å². The lowest BCUT2D eigenvalue weighted by Crippen LogP contribution is -2.22. The Balaban J connectivity index is 3.72. The summed E-state index contributed by atoms with van der Waals surface area (Å²) >= 11 is 0. The molecule has 0 bridgehead atoms. The van der Waals surface area contributed by atoms with Crippen LogP contribution in [-0.2, 0) is 4.79 Å². The Labute approximate surface area is 157 Å². The van der Waals surface area contributed by atoms with E-state index in [1.807, 2.05) is 43.4 Å². The molecule has 0 rings (SSSR count). The Morgan fingerprint density at radius 1 is 0.808 bits per heavy atom. The van der Waals surface area contributed by atoms with Crippen LogP contribution in [0.4, 0.5) is 0 Å². The van der Waals surface area contributed by atoms with E-state index in [1.54, 1.807) is 12.2 Å². The number of allylic oxidation sites excluding steroid dienone is 11. The van der Waals surface area contributed by atoms with Crippen LogP contribution in [0.15, 0.2) is 72.9 Å². The standard InChI is InChI=1S/C22H32O4/c1-2-20(23)21(24)18-16-14-12-10-8-6-4-3-5-7-9-11-13-15-17-19-22(25)26/h3-4,7-10,12-16,18,20-21,23-24H,2,5-6,11,17,19H2,1H3,(H,25,26). The van der Waals surface area contributed by atoms with Gasteiger partial charge in [0.2, 0.25) is 0 Å². The Kier molecular flexibility index (Phi) is 16.2. The number of rotatable bonds is 14. The SMILES string of the molecule is CCC(O)C(O)C=CC=CC=CCC=CCC=CCC=CCCC(=O)O. The fourth-order valence-corrected chi connectivity index (χ4v) is 1.87. The van der Waals surface area contributed by atoms with Gasteiger partial charge < -0.3 is 15.3 Å². The van der Waals surface area contributed by atoms with Gasteiger partial charge in [0, 0.05) is 6.42 Å². The highest BCUT2D eigenvalue weighted by atomic mass is 16.4. The van der Waals surface area contributed by atoms with E-state index < -0.39 is 18.2 Å². The van der Waals surface area contributed by atoms with E-state index >= 15 is 0 Å². The quantitative estimate of drug-likeness (QED) is 0.315. The molecule has 3 N–H and O–H groups in total. The molecule has 2 atom stereocenters. The molecule has 4 heteroatoms. The molecular formula is C22H32O4. The predicted molar refractivity (Wildman–Crippen MR) is 108 cm³/mol. The minimum Gasteiger partial charge on any atom is -0.481 e. The van der Waals surface area contributed by atoms with Crippen molar-refractivity contribution in [2.75, 3.05) is 0 Å². The van der Waals surface area contributed by atoms with Crippen LogP contribution < -0.4 is 0 Å². The highest BCUT2D eigenvalue weighted by molar-refractivity contribution is 5.66. The molecule has 4 nitrogen and oxygen atoms in total. The van der Waals surface area contributed by atoms with Gasteiger partial charge in [0.15, 0.2) is 0 Å². The molecule has 0 saturated carbocycles. The Hall–Kier alpha value is -2.17. The lowest BCUT2D eigenvalue weighted by molar-refractivity contribution is -0.136. The molecular weight excluding hydrogens is 328 g/mol. The van der Waals surface area contributed by atoms with Crippen molar-refractivity contribution in [1.29, 1.82) is 0 Å².